The Balaban J connectivity index is 2.23. The fraction of sp³-hybridized carbons (Fsp3) is 0.462. The van der Waals surface area contributed by atoms with Crippen molar-refractivity contribution >= 4 is 22.6 Å². The first-order chi connectivity index (χ1) is 8.14. The number of hydrogen-bond donors (Lipinski definition) is 1. The summed E-state index contributed by atoms with van der Waals surface area (Å²) >= 11 is 6.06. The molecule has 1 aliphatic carbocycles. The van der Waals surface area contributed by atoms with Gasteiger partial charge in [0.1, 0.15) is 5.82 Å². The first kappa shape index (κ1) is 11.1. The highest BCUT2D eigenvalue weighted by atomic mass is 35.5. The molecule has 1 aliphatic rings. The number of imidazole rings is 1. The molecule has 0 atom stereocenters. The van der Waals surface area contributed by atoms with Crippen molar-refractivity contribution in [3.05, 3.63) is 29.0 Å². The summed E-state index contributed by atoms with van der Waals surface area (Å²) in [6.07, 6.45) is 3.14. The van der Waals surface area contributed by atoms with Crippen LogP contribution in [-0.2, 0) is 12.1 Å². The second kappa shape index (κ2) is 3.72. The van der Waals surface area contributed by atoms with Crippen LogP contribution < -0.4 is 5.73 Å². The summed E-state index contributed by atoms with van der Waals surface area (Å²) in [5.41, 5.74) is 8.19. The molecule has 3 nitrogen and oxygen atoms in total. The van der Waals surface area contributed by atoms with Gasteiger partial charge in [-0.25, -0.2) is 4.98 Å². The van der Waals surface area contributed by atoms with E-state index in [0.717, 1.165) is 47.7 Å². The van der Waals surface area contributed by atoms with Gasteiger partial charge in [-0.2, -0.15) is 0 Å². The molecule has 0 aliphatic heterocycles. The van der Waals surface area contributed by atoms with Crippen LogP contribution in [0.25, 0.3) is 11.0 Å². The highest BCUT2D eigenvalue weighted by molar-refractivity contribution is 6.31. The summed E-state index contributed by atoms with van der Waals surface area (Å²) in [5, 5.41) is 0.753. The van der Waals surface area contributed by atoms with Gasteiger partial charge in [0.2, 0.25) is 0 Å². The first-order valence-electron chi connectivity index (χ1n) is 6.09. The highest BCUT2D eigenvalue weighted by Gasteiger charge is 2.44. The lowest BCUT2D eigenvalue weighted by molar-refractivity contribution is 0.581. The maximum Gasteiger partial charge on any atom is 0.130 e. The van der Waals surface area contributed by atoms with Crippen molar-refractivity contribution in [1.29, 1.82) is 0 Å². The molecule has 1 aromatic carbocycles. The van der Waals surface area contributed by atoms with E-state index >= 15 is 0 Å². The van der Waals surface area contributed by atoms with Gasteiger partial charge in [-0.15, -0.1) is 0 Å². The standard InChI is InChI=1S/C13H16ClN3/c1-2-7-17-11-8-9(14)3-4-10(11)16-12(17)13(15)5-6-13/h3-4,8H,2,5-7,15H2,1H3. The molecule has 90 valence electrons. The zero-order chi connectivity index (χ0) is 12.0. The molecule has 3 rings (SSSR count). The summed E-state index contributed by atoms with van der Waals surface area (Å²) < 4.78 is 2.23. The summed E-state index contributed by atoms with van der Waals surface area (Å²) in [7, 11) is 0. The number of halogens is 1. The van der Waals surface area contributed by atoms with Gasteiger partial charge in [0.05, 0.1) is 16.6 Å². The van der Waals surface area contributed by atoms with Crippen LogP contribution in [0.2, 0.25) is 5.02 Å². The molecule has 17 heavy (non-hydrogen) atoms. The average Bonchev–Trinajstić information content (AvgIpc) is 2.94. The number of benzene rings is 1. The molecule has 0 saturated heterocycles. The quantitative estimate of drug-likeness (QED) is 0.909. The van der Waals surface area contributed by atoms with Crippen LogP contribution in [0, 0.1) is 0 Å². The smallest absolute Gasteiger partial charge is 0.130 e. The number of nitrogens with two attached hydrogens (primary N) is 1. The minimum Gasteiger partial charge on any atom is -0.326 e. The van der Waals surface area contributed by atoms with Crippen molar-refractivity contribution in [2.24, 2.45) is 5.73 Å². The fourth-order valence-corrected chi connectivity index (χ4v) is 2.45. The molecule has 1 saturated carbocycles. The van der Waals surface area contributed by atoms with Crippen LogP contribution >= 0.6 is 11.6 Å². The monoisotopic (exact) mass is 249 g/mol. The lowest BCUT2D eigenvalue weighted by Crippen LogP contribution is -2.24. The topological polar surface area (TPSA) is 43.8 Å². The molecule has 4 heteroatoms. The van der Waals surface area contributed by atoms with E-state index in [1.807, 2.05) is 18.2 Å². The van der Waals surface area contributed by atoms with E-state index in [0.29, 0.717) is 0 Å². The van der Waals surface area contributed by atoms with Gasteiger partial charge in [0, 0.05) is 11.6 Å². The number of hydrogen-bond acceptors (Lipinski definition) is 2. The Labute approximate surface area is 106 Å². The second-order valence-corrected chi connectivity index (χ2v) is 5.31. The Kier molecular flexibility index (Phi) is 2.42. The van der Waals surface area contributed by atoms with Crippen LogP contribution in [0.5, 0.6) is 0 Å². The molecule has 2 N–H and O–H groups in total. The first-order valence-corrected chi connectivity index (χ1v) is 6.47. The number of aromatic nitrogens is 2. The van der Waals surface area contributed by atoms with Gasteiger partial charge < -0.3 is 10.3 Å². The Morgan fingerprint density at radius 2 is 2.24 bits per heavy atom. The zero-order valence-corrected chi connectivity index (χ0v) is 10.7. The third-order valence-corrected chi connectivity index (χ3v) is 3.63. The molecular weight excluding hydrogens is 234 g/mol. The number of aryl methyl sites for hydroxylation is 1. The second-order valence-electron chi connectivity index (χ2n) is 4.88. The van der Waals surface area contributed by atoms with E-state index in [-0.39, 0.29) is 5.54 Å². The van der Waals surface area contributed by atoms with Crippen molar-refractivity contribution < 1.29 is 0 Å². The number of fused-ring (bicyclic) bond motifs is 1. The lowest BCUT2D eigenvalue weighted by atomic mass is 10.2. The van der Waals surface area contributed by atoms with Crippen molar-refractivity contribution in [2.45, 2.75) is 38.3 Å². The largest absolute Gasteiger partial charge is 0.326 e. The Morgan fingerprint density at radius 1 is 1.47 bits per heavy atom. The SMILES string of the molecule is CCCn1c(C2(N)CC2)nc2ccc(Cl)cc21. The number of rotatable bonds is 3. The average molecular weight is 250 g/mol. The minimum absolute atomic E-state index is 0.194. The lowest BCUT2D eigenvalue weighted by Gasteiger charge is -2.12. The summed E-state index contributed by atoms with van der Waals surface area (Å²) in [6, 6.07) is 5.83. The zero-order valence-electron chi connectivity index (χ0n) is 9.91. The van der Waals surface area contributed by atoms with E-state index in [1.54, 1.807) is 0 Å². The molecule has 0 spiro atoms. The van der Waals surface area contributed by atoms with E-state index in [4.69, 9.17) is 17.3 Å². The van der Waals surface area contributed by atoms with E-state index < -0.39 is 0 Å². The molecule has 0 bridgehead atoms. The third-order valence-electron chi connectivity index (χ3n) is 3.39. The minimum atomic E-state index is -0.194. The van der Waals surface area contributed by atoms with Crippen LogP contribution in [0.3, 0.4) is 0 Å². The highest BCUT2D eigenvalue weighted by Crippen LogP contribution is 2.43. The van der Waals surface area contributed by atoms with Crippen molar-refractivity contribution in [1.82, 2.24) is 9.55 Å². The van der Waals surface area contributed by atoms with Crippen molar-refractivity contribution in [3.63, 3.8) is 0 Å². The molecule has 0 amide bonds. The molecule has 2 aromatic rings. The maximum atomic E-state index is 6.28. The number of nitrogens with zero attached hydrogens (tertiary/aromatic N) is 2. The predicted octanol–water partition coefficient (Wildman–Crippen LogP) is 3.05. The molecule has 1 heterocycles. The van der Waals surface area contributed by atoms with Gasteiger partial charge in [-0.3, -0.25) is 0 Å². The van der Waals surface area contributed by atoms with Gasteiger partial charge in [-0.05, 0) is 37.5 Å². The Bertz CT molecular complexity index is 569. The molecule has 0 unspecified atom stereocenters. The molecule has 1 aromatic heterocycles. The van der Waals surface area contributed by atoms with Crippen LogP contribution in [0.4, 0.5) is 0 Å². The Morgan fingerprint density at radius 3 is 2.88 bits per heavy atom. The van der Waals surface area contributed by atoms with Gasteiger partial charge in [0.15, 0.2) is 0 Å². The van der Waals surface area contributed by atoms with E-state index in [9.17, 15) is 0 Å². The third kappa shape index (κ3) is 1.74. The normalized spacial score (nSPS) is 17.6. The van der Waals surface area contributed by atoms with Crippen molar-refractivity contribution in [3.8, 4) is 0 Å². The summed E-state index contributed by atoms with van der Waals surface area (Å²) in [4.78, 5) is 4.69. The van der Waals surface area contributed by atoms with E-state index in [2.05, 4.69) is 16.5 Å². The van der Waals surface area contributed by atoms with Gasteiger partial charge in [0.25, 0.3) is 0 Å². The van der Waals surface area contributed by atoms with Crippen LogP contribution in [0.15, 0.2) is 18.2 Å². The van der Waals surface area contributed by atoms with Crippen LogP contribution in [-0.4, -0.2) is 9.55 Å². The van der Waals surface area contributed by atoms with E-state index in [1.165, 1.54) is 0 Å². The summed E-state index contributed by atoms with van der Waals surface area (Å²) in [5.74, 6) is 1.02. The maximum absolute atomic E-state index is 6.28. The Hall–Kier alpha value is -1.06. The van der Waals surface area contributed by atoms with Crippen molar-refractivity contribution in [2.75, 3.05) is 0 Å². The molecule has 1 fully saturated rings. The van der Waals surface area contributed by atoms with Gasteiger partial charge >= 0.3 is 0 Å². The van der Waals surface area contributed by atoms with Gasteiger partial charge in [-0.1, -0.05) is 18.5 Å². The summed E-state index contributed by atoms with van der Waals surface area (Å²) in [6.45, 7) is 3.11. The fourth-order valence-electron chi connectivity index (χ4n) is 2.28. The molecular formula is C13H16ClN3. The molecule has 0 radical (unpaired) electrons. The van der Waals surface area contributed by atoms with Crippen LogP contribution in [0.1, 0.15) is 32.0 Å². The predicted molar refractivity (Wildman–Crippen MR) is 70.1 cm³/mol.